The van der Waals surface area contributed by atoms with Crippen LogP contribution in [0.25, 0.3) is 0 Å². The van der Waals surface area contributed by atoms with E-state index >= 15 is 0 Å². The molecule has 1 aliphatic rings. The Balaban J connectivity index is 2.14. The molecule has 2 N–H and O–H groups in total. The van der Waals surface area contributed by atoms with Gasteiger partial charge in [0, 0.05) is 38.8 Å². The molecule has 0 bridgehead atoms. The molecule has 0 aromatic carbocycles. The zero-order chi connectivity index (χ0) is 12.7. The van der Waals surface area contributed by atoms with E-state index in [2.05, 4.69) is 31.4 Å². The van der Waals surface area contributed by atoms with Gasteiger partial charge in [-0.15, -0.1) is 0 Å². The molecule has 1 amide bonds. The lowest BCUT2D eigenvalue weighted by Crippen LogP contribution is -2.40. The van der Waals surface area contributed by atoms with E-state index in [4.69, 9.17) is 4.74 Å². The van der Waals surface area contributed by atoms with E-state index in [0.29, 0.717) is 12.5 Å². The van der Waals surface area contributed by atoms with Crippen LogP contribution in [0.2, 0.25) is 0 Å². The summed E-state index contributed by atoms with van der Waals surface area (Å²) in [6, 6.07) is 0.441. The molecule has 17 heavy (non-hydrogen) atoms. The van der Waals surface area contributed by atoms with Crippen molar-refractivity contribution in [1.29, 1.82) is 0 Å². The third kappa shape index (κ3) is 6.03. The first-order valence-electron chi connectivity index (χ1n) is 6.60. The molecule has 1 fully saturated rings. The Morgan fingerprint density at radius 2 is 2.00 bits per heavy atom. The maximum Gasteiger partial charge on any atom is 0.221 e. The molecule has 0 spiro atoms. The van der Waals surface area contributed by atoms with E-state index in [0.717, 1.165) is 39.1 Å². The minimum absolute atomic E-state index is 0.144. The van der Waals surface area contributed by atoms with Crippen LogP contribution in [0.4, 0.5) is 0 Å². The zero-order valence-corrected chi connectivity index (χ0v) is 11.3. The van der Waals surface area contributed by atoms with Gasteiger partial charge in [-0.05, 0) is 18.3 Å². The van der Waals surface area contributed by atoms with Gasteiger partial charge in [0.05, 0.1) is 0 Å². The van der Waals surface area contributed by atoms with Gasteiger partial charge in [-0.3, -0.25) is 4.79 Å². The lowest BCUT2D eigenvalue weighted by molar-refractivity contribution is -0.121. The van der Waals surface area contributed by atoms with Crippen molar-refractivity contribution in [2.45, 2.75) is 46.1 Å². The van der Waals surface area contributed by atoms with Gasteiger partial charge in [-0.2, -0.15) is 0 Å². The van der Waals surface area contributed by atoms with Crippen molar-refractivity contribution in [3.8, 4) is 0 Å². The number of amides is 1. The Kier molecular flexibility index (Phi) is 5.92. The number of carbonyl (C=O) groups excluding carboxylic acids is 1. The van der Waals surface area contributed by atoms with E-state index in [1.54, 1.807) is 0 Å². The van der Waals surface area contributed by atoms with Crippen LogP contribution in [0.3, 0.4) is 0 Å². The molecule has 0 radical (unpaired) electrons. The molecule has 0 aliphatic carbocycles. The van der Waals surface area contributed by atoms with E-state index < -0.39 is 0 Å². The smallest absolute Gasteiger partial charge is 0.221 e. The van der Waals surface area contributed by atoms with Gasteiger partial charge >= 0.3 is 0 Å². The normalized spacial score (nSPS) is 19.3. The summed E-state index contributed by atoms with van der Waals surface area (Å²) in [6.07, 6.45) is 2.64. The van der Waals surface area contributed by atoms with Crippen LogP contribution < -0.4 is 10.6 Å². The first kappa shape index (κ1) is 14.5. The highest BCUT2D eigenvalue weighted by Gasteiger charge is 2.27. The number of ether oxygens (including phenoxy) is 1. The Labute approximate surface area is 104 Å². The largest absolute Gasteiger partial charge is 0.381 e. The minimum Gasteiger partial charge on any atom is -0.381 e. The van der Waals surface area contributed by atoms with Crippen LogP contribution in [0.15, 0.2) is 0 Å². The quantitative estimate of drug-likeness (QED) is 0.738. The number of hydrogen-bond acceptors (Lipinski definition) is 3. The van der Waals surface area contributed by atoms with Gasteiger partial charge in [0.15, 0.2) is 0 Å². The monoisotopic (exact) mass is 242 g/mol. The van der Waals surface area contributed by atoms with Gasteiger partial charge in [0.2, 0.25) is 5.91 Å². The highest BCUT2D eigenvalue weighted by molar-refractivity contribution is 5.76. The summed E-state index contributed by atoms with van der Waals surface area (Å²) in [6.45, 7) is 9.56. The standard InChI is InChI=1S/C13H26N2O2/c1-11(2)14-7-4-12(16)15-10-13(3)5-8-17-9-6-13/h11,14H,4-10H2,1-3H3,(H,15,16). The summed E-state index contributed by atoms with van der Waals surface area (Å²) in [4.78, 5) is 11.6. The average molecular weight is 242 g/mol. The van der Waals surface area contributed by atoms with Crippen LogP contribution in [0.1, 0.15) is 40.0 Å². The second-order valence-corrected chi connectivity index (χ2v) is 5.56. The lowest BCUT2D eigenvalue weighted by atomic mass is 9.82. The molecule has 0 unspecified atom stereocenters. The Hall–Kier alpha value is -0.610. The first-order chi connectivity index (χ1) is 8.02. The number of carbonyl (C=O) groups is 1. The molecular formula is C13H26N2O2. The molecule has 1 aliphatic heterocycles. The Bertz CT molecular complexity index is 236. The van der Waals surface area contributed by atoms with Crippen molar-refractivity contribution in [3.63, 3.8) is 0 Å². The highest BCUT2D eigenvalue weighted by atomic mass is 16.5. The number of hydrogen-bond donors (Lipinski definition) is 2. The van der Waals surface area contributed by atoms with Gasteiger partial charge in [0.25, 0.3) is 0 Å². The highest BCUT2D eigenvalue weighted by Crippen LogP contribution is 2.28. The fourth-order valence-corrected chi connectivity index (χ4v) is 1.92. The second kappa shape index (κ2) is 6.97. The summed E-state index contributed by atoms with van der Waals surface area (Å²) >= 11 is 0. The van der Waals surface area contributed by atoms with Crippen molar-refractivity contribution < 1.29 is 9.53 Å². The molecule has 0 aromatic rings. The molecule has 4 nitrogen and oxygen atoms in total. The first-order valence-corrected chi connectivity index (χ1v) is 6.60. The minimum atomic E-state index is 0.144. The van der Waals surface area contributed by atoms with Crippen LogP contribution in [-0.2, 0) is 9.53 Å². The van der Waals surface area contributed by atoms with E-state index in [-0.39, 0.29) is 11.3 Å². The van der Waals surface area contributed by atoms with Crippen LogP contribution in [-0.4, -0.2) is 38.3 Å². The predicted octanol–water partition coefficient (Wildman–Crippen LogP) is 1.31. The summed E-state index contributed by atoms with van der Waals surface area (Å²) in [5.41, 5.74) is 0.222. The second-order valence-electron chi connectivity index (χ2n) is 5.56. The molecule has 4 heteroatoms. The van der Waals surface area contributed by atoms with Gasteiger partial charge in [-0.25, -0.2) is 0 Å². The van der Waals surface area contributed by atoms with Gasteiger partial charge in [-0.1, -0.05) is 20.8 Å². The van der Waals surface area contributed by atoms with Crippen molar-refractivity contribution in [2.75, 3.05) is 26.3 Å². The predicted molar refractivity (Wildman–Crippen MR) is 68.9 cm³/mol. The molecule has 1 heterocycles. The Morgan fingerprint density at radius 3 is 2.59 bits per heavy atom. The maximum absolute atomic E-state index is 11.6. The number of nitrogens with one attached hydrogen (secondary N) is 2. The molecule has 0 saturated carbocycles. The fraction of sp³-hybridized carbons (Fsp3) is 0.923. The molecule has 1 rings (SSSR count). The van der Waals surface area contributed by atoms with Gasteiger partial charge < -0.3 is 15.4 Å². The maximum atomic E-state index is 11.6. The van der Waals surface area contributed by atoms with E-state index in [9.17, 15) is 4.79 Å². The third-order valence-corrected chi connectivity index (χ3v) is 3.32. The molecule has 0 atom stereocenters. The van der Waals surface area contributed by atoms with E-state index in [1.807, 2.05) is 0 Å². The Morgan fingerprint density at radius 1 is 1.35 bits per heavy atom. The van der Waals surface area contributed by atoms with Crippen molar-refractivity contribution in [3.05, 3.63) is 0 Å². The zero-order valence-electron chi connectivity index (χ0n) is 11.3. The van der Waals surface area contributed by atoms with Gasteiger partial charge in [0.1, 0.15) is 0 Å². The number of rotatable bonds is 6. The van der Waals surface area contributed by atoms with E-state index in [1.165, 1.54) is 0 Å². The van der Waals surface area contributed by atoms with Crippen molar-refractivity contribution in [1.82, 2.24) is 10.6 Å². The SMILES string of the molecule is CC(C)NCCC(=O)NCC1(C)CCOCC1. The third-order valence-electron chi connectivity index (χ3n) is 3.32. The fourth-order valence-electron chi connectivity index (χ4n) is 1.92. The lowest BCUT2D eigenvalue weighted by Gasteiger charge is -2.33. The summed E-state index contributed by atoms with van der Waals surface area (Å²) in [7, 11) is 0. The van der Waals surface area contributed by atoms with Crippen LogP contribution >= 0.6 is 0 Å². The van der Waals surface area contributed by atoms with Crippen molar-refractivity contribution >= 4 is 5.91 Å². The molecule has 100 valence electrons. The summed E-state index contributed by atoms with van der Waals surface area (Å²) in [5, 5.41) is 6.28. The molecular weight excluding hydrogens is 216 g/mol. The summed E-state index contributed by atoms with van der Waals surface area (Å²) < 4.78 is 5.34. The molecule has 1 saturated heterocycles. The average Bonchev–Trinajstić information content (AvgIpc) is 2.27. The van der Waals surface area contributed by atoms with Crippen molar-refractivity contribution in [2.24, 2.45) is 5.41 Å². The molecule has 0 aromatic heterocycles. The van der Waals surface area contributed by atoms with Crippen LogP contribution in [0.5, 0.6) is 0 Å². The van der Waals surface area contributed by atoms with Crippen LogP contribution in [0, 0.1) is 5.41 Å². The summed E-state index contributed by atoms with van der Waals surface area (Å²) in [5.74, 6) is 0.144. The topological polar surface area (TPSA) is 50.4 Å².